The molecule has 29 heavy (non-hydrogen) atoms. The van der Waals surface area contributed by atoms with Crippen molar-refractivity contribution >= 4 is 17.4 Å². The van der Waals surface area contributed by atoms with Gasteiger partial charge in [-0.15, -0.1) is 0 Å². The van der Waals surface area contributed by atoms with Crippen molar-refractivity contribution in [3.05, 3.63) is 70.9 Å². The van der Waals surface area contributed by atoms with E-state index in [1.54, 1.807) is 24.3 Å². The van der Waals surface area contributed by atoms with Gasteiger partial charge >= 0.3 is 0 Å². The summed E-state index contributed by atoms with van der Waals surface area (Å²) >= 11 is 0. The van der Waals surface area contributed by atoms with E-state index in [0.717, 1.165) is 16.9 Å². The Hall–Kier alpha value is -3.59. The number of ketones is 1. The molecule has 0 aromatic heterocycles. The Balaban J connectivity index is 2.11. The van der Waals surface area contributed by atoms with Crippen LogP contribution in [-0.4, -0.2) is 18.3 Å². The summed E-state index contributed by atoms with van der Waals surface area (Å²) in [6.45, 7) is 7.87. The fourth-order valence-corrected chi connectivity index (χ4v) is 2.73. The first-order valence-corrected chi connectivity index (χ1v) is 9.37. The molecule has 1 amide bonds. The van der Waals surface area contributed by atoms with E-state index < -0.39 is 5.91 Å². The fraction of sp³-hybridized carbons (Fsp3) is 0.261. The van der Waals surface area contributed by atoms with Crippen molar-refractivity contribution in [3.8, 4) is 11.8 Å². The highest BCUT2D eigenvalue weighted by molar-refractivity contribution is 6.06. The molecule has 2 aromatic rings. The molecular weight excluding hydrogens is 366 g/mol. The maximum Gasteiger partial charge on any atom is 0.267 e. The van der Waals surface area contributed by atoms with E-state index in [1.807, 2.05) is 45.0 Å². The van der Waals surface area contributed by atoms with Gasteiger partial charge in [-0.05, 0) is 58.0 Å². The molecule has 6 nitrogen and oxygen atoms in total. The lowest BCUT2D eigenvalue weighted by Crippen LogP contribution is -2.19. The van der Waals surface area contributed by atoms with Crippen LogP contribution in [-0.2, 0) is 4.79 Å². The van der Waals surface area contributed by atoms with Crippen LogP contribution in [0.3, 0.4) is 0 Å². The van der Waals surface area contributed by atoms with E-state index in [2.05, 4.69) is 10.6 Å². The number of carbonyl (C=O) groups excluding carboxylic acids is 2. The van der Waals surface area contributed by atoms with Crippen LogP contribution in [0.1, 0.15) is 48.3 Å². The minimum Gasteiger partial charge on any atom is -0.494 e. The van der Waals surface area contributed by atoms with Gasteiger partial charge in [-0.3, -0.25) is 9.59 Å². The Morgan fingerprint density at radius 1 is 1.21 bits per heavy atom. The Morgan fingerprint density at radius 3 is 2.48 bits per heavy atom. The molecule has 0 aliphatic heterocycles. The highest BCUT2D eigenvalue weighted by atomic mass is 16.5. The molecule has 0 aliphatic rings. The summed E-state index contributed by atoms with van der Waals surface area (Å²) in [6, 6.07) is 14.2. The van der Waals surface area contributed by atoms with Crippen molar-refractivity contribution in [2.45, 2.75) is 33.7 Å². The highest BCUT2D eigenvalue weighted by Crippen LogP contribution is 2.26. The van der Waals surface area contributed by atoms with Crippen LogP contribution in [0.15, 0.2) is 54.2 Å². The summed E-state index contributed by atoms with van der Waals surface area (Å²) in [5.41, 5.74) is 3.04. The van der Waals surface area contributed by atoms with Gasteiger partial charge < -0.3 is 15.4 Å². The maximum atomic E-state index is 12.4. The second kappa shape index (κ2) is 10.1. The fourth-order valence-electron chi connectivity index (χ4n) is 2.73. The summed E-state index contributed by atoms with van der Waals surface area (Å²) in [7, 11) is 0. The monoisotopic (exact) mass is 391 g/mol. The second-order valence-corrected chi connectivity index (χ2v) is 6.62. The van der Waals surface area contributed by atoms with Crippen LogP contribution in [0.2, 0.25) is 0 Å². The number of benzene rings is 2. The number of nitrogens with one attached hydrogen (secondary N) is 2. The van der Waals surface area contributed by atoms with Crippen LogP contribution < -0.4 is 15.4 Å². The molecule has 0 bridgehead atoms. The number of Topliss-reactive ketones (excluding diaryl/α,β-unsaturated/α-hetero) is 1. The van der Waals surface area contributed by atoms with Crippen molar-refractivity contribution in [1.29, 1.82) is 5.26 Å². The van der Waals surface area contributed by atoms with Gasteiger partial charge in [-0.1, -0.05) is 17.7 Å². The minimum absolute atomic E-state index is 0.0544. The molecule has 0 radical (unpaired) electrons. The quantitative estimate of drug-likeness (QED) is 0.398. The zero-order chi connectivity index (χ0) is 21.4. The first-order chi connectivity index (χ1) is 13.8. The normalized spacial score (nSPS) is 11.9. The van der Waals surface area contributed by atoms with Crippen LogP contribution >= 0.6 is 0 Å². The lowest BCUT2D eigenvalue weighted by molar-refractivity contribution is -0.112. The predicted octanol–water partition coefficient (Wildman–Crippen LogP) is 4.29. The van der Waals surface area contributed by atoms with Gasteiger partial charge in [0, 0.05) is 23.0 Å². The SMILES string of the molecule is CCOc1ccc(C)cc1C(C)N/C=C(/C#N)C(=O)Nc1ccc(C(C)=O)cc1. The number of amides is 1. The number of nitriles is 1. The topological polar surface area (TPSA) is 91.2 Å². The standard InChI is InChI=1S/C23H25N3O3/c1-5-29-22-11-6-15(2)12-21(22)16(3)25-14-19(13-24)23(28)26-20-9-7-18(8-10-20)17(4)27/h6-12,14,16,25H,5H2,1-4H3,(H,26,28)/b19-14-. The number of nitrogens with zero attached hydrogens (tertiary/aromatic N) is 1. The Bertz CT molecular complexity index is 956. The molecule has 0 aliphatic carbocycles. The average Bonchev–Trinajstić information content (AvgIpc) is 2.70. The third kappa shape index (κ3) is 5.94. The molecule has 2 rings (SSSR count). The molecule has 0 fully saturated rings. The number of hydrogen-bond donors (Lipinski definition) is 2. The predicted molar refractivity (Wildman–Crippen MR) is 113 cm³/mol. The lowest BCUT2D eigenvalue weighted by Gasteiger charge is -2.18. The summed E-state index contributed by atoms with van der Waals surface area (Å²) in [5, 5.41) is 15.1. The molecule has 1 unspecified atom stereocenters. The number of anilines is 1. The van der Waals surface area contributed by atoms with Crippen molar-refractivity contribution in [2.75, 3.05) is 11.9 Å². The van der Waals surface area contributed by atoms with Crippen LogP contribution in [0.25, 0.3) is 0 Å². The van der Waals surface area contributed by atoms with Crippen LogP contribution in [0.4, 0.5) is 5.69 Å². The van der Waals surface area contributed by atoms with Crippen LogP contribution in [0.5, 0.6) is 5.75 Å². The van der Waals surface area contributed by atoms with E-state index in [4.69, 9.17) is 4.74 Å². The van der Waals surface area contributed by atoms with E-state index in [9.17, 15) is 14.9 Å². The Kier molecular flexibility index (Phi) is 7.55. The van der Waals surface area contributed by atoms with Crippen LogP contribution in [0, 0.1) is 18.3 Å². The van der Waals surface area contributed by atoms with Crippen molar-refractivity contribution in [2.24, 2.45) is 0 Å². The van der Waals surface area contributed by atoms with E-state index in [0.29, 0.717) is 17.9 Å². The lowest BCUT2D eigenvalue weighted by atomic mass is 10.0. The number of aryl methyl sites for hydroxylation is 1. The number of rotatable bonds is 8. The second-order valence-electron chi connectivity index (χ2n) is 6.62. The zero-order valence-electron chi connectivity index (χ0n) is 17.1. The van der Waals surface area contributed by atoms with E-state index in [1.165, 1.54) is 13.1 Å². The Morgan fingerprint density at radius 2 is 1.90 bits per heavy atom. The van der Waals surface area contributed by atoms with Gasteiger partial charge in [0.25, 0.3) is 5.91 Å². The smallest absolute Gasteiger partial charge is 0.267 e. The minimum atomic E-state index is -0.531. The summed E-state index contributed by atoms with van der Waals surface area (Å²) in [5.74, 6) is 0.179. The number of ether oxygens (including phenoxy) is 1. The van der Waals surface area contributed by atoms with Crippen molar-refractivity contribution in [1.82, 2.24) is 5.32 Å². The van der Waals surface area contributed by atoms with Crippen molar-refractivity contribution < 1.29 is 14.3 Å². The maximum absolute atomic E-state index is 12.4. The number of hydrogen-bond acceptors (Lipinski definition) is 5. The first kappa shape index (κ1) is 21.7. The van der Waals surface area contributed by atoms with Gasteiger partial charge in [-0.25, -0.2) is 0 Å². The number of carbonyl (C=O) groups is 2. The third-order valence-electron chi connectivity index (χ3n) is 4.32. The van der Waals surface area contributed by atoms with E-state index >= 15 is 0 Å². The van der Waals surface area contributed by atoms with E-state index in [-0.39, 0.29) is 17.4 Å². The highest BCUT2D eigenvalue weighted by Gasteiger charge is 2.14. The Labute approximate surface area is 171 Å². The summed E-state index contributed by atoms with van der Waals surface area (Å²) < 4.78 is 5.67. The first-order valence-electron chi connectivity index (χ1n) is 9.37. The summed E-state index contributed by atoms with van der Waals surface area (Å²) in [4.78, 5) is 23.7. The molecule has 0 saturated carbocycles. The molecule has 150 valence electrons. The van der Waals surface area contributed by atoms with Gasteiger partial charge in [0.2, 0.25) is 0 Å². The van der Waals surface area contributed by atoms with Gasteiger partial charge in [0.05, 0.1) is 12.6 Å². The molecular formula is C23H25N3O3. The van der Waals surface area contributed by atoms with Gasteiger partial charge in [0.1, 0.15) is 17.4 Å². The molecule has 2 aromatic carbocycles. The third-order valence-corrected chi connectivity index (χ3v) is 4.32. The molecule has 0 saturated heterocycles. The van der Waals surface area contributed by atoms with Gasteiger partial charge in [-0.2, -0.15) is 5.26 Å². The molecule has 1 atom stereocenters. The summed E-state index contributed by atoms with van der Waals surface area (Å²) in [6.07, 6.45) is 1.40. The van der Waals surface area contributed by atoms with Gasteiger partial charge in [0.15, 0.2) is 5.78 Å². The molecule has 0 heterocycles. The molecule has 6 heteroatoms. The van der Waals surface area contributed by atoms with Crippen molar-refractivity contribution in [3.63, 3.8) is 0 Å². The molecule has 2 N–H and O–H groups in total. The zero-order valence-corrected chi connectivity index (χ0v) is 17.1. The largest absolute Gasteiger partial charge is 0.494 e. The average molecular weight is 391 g/mol. The molecule has 0 spiro atoms.